The molecule has 0 aromatic heterocycles. The smallest absolute Gasteiger partial charge is 0.254 e. The molecule has 2 aromatic rings. The van der Waals surface area contributed by atoms with Crippen LogP contribution in [0.4, 0.5) is 0 Å². The SMILES string of the molecule is CN1C(=O)c2ccccc2CC1c1ccc2c(c1)OCO2. The maximum Gasteiger partial charge on any atom is 0.254 e. The van der Waals surface area contributed by atoms with Gasteiger partial charge < -0.3 is 14.4 Å². The van der Waals surface area contributed by atoms with Crippen LogP contribution in [-0.4, -0.2) is 24.6 Å². The number of amides is 1. The molecule has 0 bridgehead atoms. The van der Waals surface area contributed by atoms with Gasteiger partial charge in [-0.2, -0.15) is 0 Å². The van der Waals surface area contributed by atoms with E-state index in [1.165, 1.54) is 0 Å². The van der Waals surface area contributed by atoms with Crippen molar-refractivity contribution in [1.29, 1.82) is 0 Å². The number of hydrogen-bond acceptors (Lipinski definition) is 3. The molecule has 4 rings (SSSR count). The Morgan fingerprint density at radius 1 is 1.10 bits per heavy atom. The highest BCUT2D eigenvalue weighted by Crippen LogP contribution is 2.38. The molecule has 0 N–H and O–H groups in total. The molecule has 2 aliphatic heterocycles. The summed E-state index contributed by atoms with van der Waals surface area (Å²) >= 11 is 0. The molecule has 0 radical (unpaired) electrons. The number of carbonyl (C=O) groups excluding carboxylic acids is 1. The largest absolute Gasteiger partial charge is 0.454 e. The number of nitrogens with zero attached hydrogens (tertiary/aromatic N) is 1. The Labute approximate surface area is 122 Å². The molecule has 2 aliphatic rings. The Hall–Kier alpha value is -2.49. The van der Waals surface area contributed by atoms with Crippen LogP contribution in [0.15, 0.2) is 42.5 Å². The Morgan fingerprint density at radius 3 is 2.81 bits per heavy atom. The number of rotatable bonds is 1. The number of carbonyl (C=O) groups is 1. The zero-order chi connectivity index (χ0) is 14.4. The van der Waals surface area contributed by atoms with Crippen molar-refractivity contribution in [3.05, 3.63) is 59.2 Å². The number of hydrogen-bond donors (Lipinski definition) is 0. The minimum Gasteiger partial charge on any atom is -0.454 e. The molecule has 0 fully saturated rings. The Balaban J connectivity index is 1.75. The van der Waals surface area contributed by atoms with Crippen LogP contribution in [0.25, 0.3) is 0 Å². The summed E-state index contributed by atoms with van der Waals surface area (Å²) in [7, 11) is 1.85. The van der Waals surface area contributed by atoms with Crippen LogP contribution in [0, 0.1) is 0 Å². The average Bonchev–Trinajstić information content (AvgIpc) is 2.98. The molecule has 4 nitrogen and oxygen atoms in total. The van der Waals surface area contributed by atoms with Crippen LogP contribution in [0.1, 0.15) is 27.5 Å². The van der Waals surface area contributed by atoms with Gasteiger partial charge in [-0.15, -0.1) is 0 Å². The van der Waals surface area contributed by atoms with Gasteiger partial charge in [0.05, 0.1) is 6.04 Å². The van der Waals surface area contributed by atoms with Gasteiger partial charge in [0.25, 0.3) is 5.91 Å². The number of fused-ring (bicyclic) bond motifs is 2. The van der Waals surface area contributed by atoms with Gasteiger partial charge >= 0.3 is 0 Å². The summed E-state index contributed by atoms with van der Waals surface area (Å²) in [4.78, 5) is 14.3. The zero-order valence-corrected chi connectivity index (χ0v) is 11.7. The summed E-state index contributed by atoms with van der Waals surface area (Å²) < 4.78 is 10.8. The first-order valence-electron chi connectivity index (χ1n) is 6.98. The van der Waals surface area contributed by atoms with E-state index in [0.29, 0.717) is 0 Å². The van der Waals surface area contributed by atoms with E-state index in [2.05, 4.69) is 0 Å². The van der Waals surface area contributed by atoms with Crippen LogP contribution in [0.5, 0.6) is 11.5 Å². The summed E-state index contributed by atoms with van der Waals surface area (Å²) in [6, 6.07) is 13.7. The van der Waals surface area contributed by atoms with Gasteiger partial charge in [-0.05, 0) is 35.7 Å². The quantitative estimate of drug-likeness (QED) is 0.807. The van der Waals surface area contributed by atoms with E-state index in [1.54, 1.807) is 4.90 Å². The molecule has 2 heterocycles. The van der Waals surface area contributed by atoms with Crippen LogP contribution in [-0.2, 0) is 6.42 Å². The van der Waals surface area contributed by atoms with Gasteiger partial charge in [0.15, 0.2) is 11.5 Å². The van der Waals surface area contributed by atoms with E-state index in [4.69, 9.17) is 9.47 Å². The Bertz CT molecular complexity index is 726. The molecule has 2 aromatic carbocycles. The minimum absolute atomic E-state index is 0.0295. The number of ether oxygens (including phenoxy) is 2. The van der Waals surface area contributed by atoms with E-state index in [1.807, 2.05) is 49.5 Å². The fourth-order valence-corrected chi connectivity index (χ4v) is 3.05. The second kappa shape index (κ2) is 4.52. The first-order valence-corrected chi connectivity index (χ1v) is 6.98. The van der Waals surface area contributed by atoms with Gasteiger partial charge in [0, 0.05) is 12.6 Å². The van der Waals surface area contributed by atoms with Gasteiger partial charge in [-0.3, -0.25) is 4.79 Å². The lowest BCUT2D eigenvalue weighted by Crippen LogP contribution is -2.37. The maximum atomic E-state index is 12.5. The molecule has 0 saturated carbocycles. The number of benzene rings is 2. The van der Waals surface area contributed by atoms with E-state index in [9.17, 15) is 4.79 Å². The van der Waals surface area contributed by atoms with Crippen molar-refractivity contribution >= 4 is 5.91 Å². The normalized spacial score (nSPS) is 19.6. The monoisotopic (exact) mass is 281 g/mol. The second-order valence-corrected chi connectivity index (χ2v) is 5.41. The van der Waals surface area contributed by atoms with Crippen molar-refractivity contribution in [2.45, 2.75) is 12.5 Å². The standard InChI is InChI=1S/C17H15NO3/c1-18-14(8-11-4-2-3-5-13(11)17(18)19)12-6-7-15-16(9-12)21-10-20-15/h2-7,9,14H,8,10H2,1H3. The van der Waals surface area contributed by atoms with E-state index < -0.39 is 0 Å². The van der Waals surface area contributed by atoms with Crippen molar-refractivity contribution in [3.63, 3.8) is 0 Å². The van der Waals surface area contributed by atoms with Crippen molar-refractivity contribution < 1.29 is 14.3 Å². The van der Waals surface area contributed by atoms with Gasteiger partial charge in [0.2, 0.25) is 6.79 Å². The van der Waals surface area contributed by atoms with Crippen molar-refractivity contribution in [2.75, 3.05) is 13.8 Å². The zero-order valence-electron chi connectivity index (χ0n) is 11.7. The lowest BCUT2D eigenvalue weighted by Gasteiger charge is -2.34. The highest BCUT2D eigenvalue weighted by atomic mass is 16.7. The van der Waals surface area contributed by atoms with Crippen LogP contribution < -0.4 is 9.47 Å². The lowest BCUT2D eigenvalue weighted by atomic mass is 9.90. The molecule has 106 valence electrons. The molecule has 0 saturated heterocycles. The predicted molar refractivity (Wildman–Crippen MR) is 77.5 cm³/mol. The third-order valence-electron chi connectivity index (χ3n) is 4.23. The second-order valence-electron chi connectivity index (χ2n) is 5.41. The summed E-state index contributed by atoms with van der Waals surface area (Å²) in [5.74, 6) is 1.59. The molecule has 0 spiro atoms. The van der Waals surface area contributed by atoms with E-state index >= 15 is 0 Å². The predicted octanol–water partition coefficient (Wildman–Crippen LogP) is 2.78. The van der Waals surface area contributed by atoms with Gasteiger partial charge in [-0.25, -0.2) is 0 Å². The van der Waals surface area contributed by atoms with Crippen molar-refractivity contribution in [3.8, 4) is 11.5 Å². The Kier molecular flexibility index (Phi) is 2.64. The third kappa shape index (κ3) is 1.87. The molecule has 4 heteroatoms. The summed E-state index contributed by atoms with van der Waals surface area (Å²) in [5, 5.41) is 0. The molecule has 1 amide bonds. The van der Waals surface area contributed by atoms with Crippen LogP contribution in [0.2, 0.25) is 0 Å². The molecular formula is C17H15NO3. The topological polar surface area (TPSA) is 38.8 Å². The van der Waals surface area contributed by atoms with Crippen molar-refractivity contribution in [2.24, 2.45) is 0 Å². The molecule has 21 heavy (non-hydrogen) atoms. The van der Waals surface area contributed by atoms with E-state index in [-0.39, 0.29) is 18.7 Å². The van der Waals surface area contributed by atoms with Crippen LogP contribution in [0.3, 0.4) is 0 Å². The van der Waals surface area contributed by atoms with Gasteiger partial charge in [0.1, 0.15) is 0 Å². The van der Waals surface area contributed by atoms with Gasteiger partial charge in [-0.1, -0.05) is 24.3 Å². The first-order chi connectivity index (χ1) is 10.2. The molecule has 1 atom stereocenters. The first kappa shape index (κ1) is 12.3. The average molecular weight is 281 g/mol. The number of likely N-dealkylation sites (N-methyl/N-ethyl adjacent to an activating group) is 1. The minimum atomic E-state index is 0.0295. The van der Waals surface area contributed by atoms with E-state index in [0.717, 1.165) is 34.6 Å². The third-order valence-corrected chi connectivity index (χ3v) is 4.23. The molecular weight excluding hydrogens is 266 g/mol. The lowest BCUT2D eigenvalue weighted by molar-refractivity contribution is 0.0705. The summed E-state index contributed by atoms with van der Waals surface area (Å²) in [6.07, 6.45) is 0.818. The van der Waals surface area contributed by atoms with Crippen LogP contribution >= 0.6 is 0 Å². The van der Waals surface area contributed by atoms with Crippen molar-refractivity contribution in [1.82, 2.24) is 4.90 Å². The fraction of sp³-hybridized carbons (Fsp3) is 0.235. The molecule has 0 aliphatic carbocycles. The highest BCUT2D eigenvalue weighted by Gasteiger charge is 2.31. The fourth-order valence-electron chi connectivity index (χ4n) is 3.05. The highest BCUT2D eigenvalue weighted by molar-refractivity contribution is 5.97. The Morgan fingerprint density at radius 2 is 1.90 bits per heavy atom. The molecule has 1 unspecified atom stereocenters. The maximum absolute atomic E-state index is 12.5. The summed E-state index contributed by atoms with van der Waals surface area (Å²) in [5.41, 5.74) is 2.98. The summed E-state index contributed by atoms with van der Waals surface area (Å²) in [6.45, 7) is 0.265.